The van der Waals surface area contributed by atoms with E-state index in [9.17, 15) is 29.1 Å². The number of carboxylic acid groups (broad SMARTS) is 3. The minimum Gasteiger partial charge on any atom is -1.00 e. The van der Waals surface area contributed by atoms with Crippen LogP contribution in [0.2, 0.25) is 0 Å². The first-order valence-electron chi connectivity index (χ1n) is 5.30. The summed E-state index contributed by atoms with van der Waals surface area (Å²) in [5.74, 6) is -8.52. The monoisotopic (exact) mass is 332 g/mol. The Morgan fingerprint density at radius 3 is 1.86 bits per heavy atom. The zero-order valence-corrected chi connectivity index (χ0v) is 13.4. The predicted octanol–water partition coefficient (Wildman–Crippen LogP) is -5.31. The number of aliphatic hydroxyl groups is 2. The average Bonchev–Trinajstić information content (AvgIpc) is 2.26. The Labute approximate surface area is 146 Å². The van der Waals surface area contributed by atoms with Gasteiger partial charge in [-0.3, -0.25) is 14.4 Å². The van der Waals surface area contributed by atoms with E-state index in [1.54, 1.807) is 0 Å². The summed E-state index contributed by atoms with van der Waals surface area (Å²) >= 11 is 0. The van der Waals surface area contributed by atoms with Crippen LogP contribution in [0.1, 0.15) is 20.7 Å². The van der Waals surface area contributed by atoms with Crippen molar-refractivity contribution in [1.29, 1.82) is 0 Å². The molecule has 0 spiro atoms. The van der Waals surface area contributed by atoms with Crippen LogP contribution in [0.5, 0.6) is 0 Å². The predicted molar refractivity (Wildman–Crippen MR) is 59.9 cm³/mol. The minimum atomic E-state index is -2.98. The number of aliphatic hydroxyl groups excluding tert-OH is 1. The summed E-state index contributed by atoms with van der Waals surface area (Å²) in [6, 6.07) is 0. The molecule has 0 bridgehead atoms. The zero-order chi connectivity index (χ0) is 16.8. The summed E-state index contributed by atoms with van der Waals surface area (Å²) in [5, 5.41) is 43.7. The van der Waals surface area contributed by atoms with E-state index < -0.39 is 60.8 Å². The number of carbonyl (C=O) groups excluding carboxylic acids is 2. The van der Waals surface area contributed by atoms with Gasteiger partial charge in [0.1, 0.15) is 0 Å². The van der Waals surface area contributed by atoms with Gasteiger partial charge in [-0.05, 0) is 0 Å². The first-order valence-corrected chi connectivity index (χ1v) is 5.30. The van der Waals surface area contributed by atoms with Crippen molar-refractivity contribution in [3.8, 4) is 0 Å². The number of aliphatic carboxylic acids is 3. The van der Waals surface area contributed by atoms with Gasteiger partial charge < -0.3 is 31.7 Å². The fraction of sp³-hybridized carbons (Fsp3) is 0.500. The topological polar surface area (TPSA) is 196 Å². The van der Waals surface area contributed by atoms with Gasteiger partial charge in [0.25, 0.3) is 0 Å². The number of hydrogen-bond donors (Lipinski definition) is 5. The van der Waals surface area contributed by atoms with Crippen molar-refractivity contribution < 1.29 is 85.2 Å². The van der Waals surface area contributed by atoms with E-state index in [2.05, 4.69) is 4.74 Å². The van der Waals surface area contributed by atoms with Crippen LogP contribution in [0.15, 0.2) is 0 Å². The van der Waals surface area contributed by atoms with E-state index in [-0.39, 0.29) is 31.0 Å². The second kappa shape index (κ2) is 9.48. The van der Waals surface area contributed by atoms with Gasteiger partial charge in [0.05, 0.1) is 19.3 Å². The maximum Gasteiger partial charge on any atom is 1.00 e. The Bertz CT molecular complexity index is 479. The van der Waals surface area contributed by atoms with Gasteiger partial charge in [0.2, 0.25) is 0 Å². The molecule has 11 nitrogen and oxygen atoms in total. The molecule has 22 heavy (non-hydrogen) atoms. The Morgan fingerprint density at radius 1 is 1.00 bits per heavy atom. The number of hydrogen-bond acceptors (Lipinski definition) is 8. The van der Waals surface area contributed by atoms with E-state index in [1.165, 1.54) is 0 Å². The van der Waals surface area contributed by atoms with E-state index in [0.29, 0.717) is 0 Å². The molecule has 5 N–H and O–H groups in total. The molecule has 0 amide bonds. The molecule has 0 aromatic carbocycles. The largest absolute Gasteiger partial charge is 1.00 e. The molecule has 0 radical (unpaired) electrons. The minimum absolute atomic E-state index is 0. The van der Waals surface area contributed by atoms with E-state index >= 15 is 0 Å². The number of carbonyl (C=O) groups is 5. The molecular weight excluding hydrogens is 319 g/mol. The Morgan fingerprint density at radius 2 is 1.50 bits per heavy atom. The summed E-state index contributed by atoms with van der Waals surface area (Å²) in [6.45, 7) is 0. The van der Waals surface area contributed by atoms with Crippen LogP contribution >= 0.6 is 0 Å². The van der Waals surface area contributed by atoms with Crippen molar-refractivity contribution in [3.05, 3.63) is 0 Å². The van der Waals surface area contributed by atoms with E-state index in [4.69, 9.17) is 20.4 Å². The van der Waals surface area contributed by atoms with Crippen molar-refractivity contribution >= 4 is 29.8 Å². The van der Waals surface area contributed by atoms with Crippen LogP contribution in [0.3, 0.4) is 0 Å². The van der Waals surface area contributed by atoms with Gasteiger partial charge in [-0.25, -0.2) is 9.59 Å². The van der Waals surface area contributed by atoms with Crippen molar-refractivity contribution in [3.63, 3.8) is 0 Å². The molecule has 0 saturated heterocycles. The third-order valence-corrected chi connectivity index (χ3v) is 2.15. The van der Waals surface area contributed by atoms with Crippen LogP contribution in [0.4, 0.5) is 0 Å². The molecule has 120 valence electrons. The van der Waals surface area contributed by atoms with Crippen molar-refractivity contribution in [2.45, 2.75) is 31.0 Å². The molecule has 2 atom stereocenters. The molecule has 0 aliphatic carbocycles. The van der Waals surface area contributed by atoms with E-state index in [0.717, 1.165) is 0 Å². The van der Waals surface area contributed by atoms with Gasteiger partial charge in [0, 0.05) is 0 Å². The van der Waals surface area contributed by atoms with Gasteiger partial charge in [-0.2, -0.15) is 0 Å². The summed E-state index contributed by atoms with van der Waals surface area (Å²) in [4.78, 5) is 53.6. The Balaban J connectivity index is -0.00000200. The molecular formula is C10H13NaO11. The fourth-order valence-electron chi connectivity index (χ4n) is 1.15. The smallest absolute Gasteiger partial charge is 1.00 e. The summed E-state index contributed by atoms with van der Waals surface area (Å²) in [5.41, 5.74) is -2.98. The van der Waals surface area contributed by atoms with Crippen molar-refractivity contribution in [2.75, 3.05) is 0 Å². The average molecular weight is 332 g/mol. The molecule has 0 saturated carbocycles. The van der Waals surface area contributed by atoms with Crippen LogP contribution in [-0.4, -0.2) is 67.1 Å². The number of esters is 2. The molecule has 0 aliphatic rings. The zero-order valence-electron chi connectivity index (χ0n) is 12.4. The van der Waals surface area contributed by atoms with Crippen LogP contribution in [0, 0.1) is 0 Å². The first-order chi connectivity index (χ1) is 9.47. The maximum atomic E-state index is 11.2. The molecule has 0 heterocycles. The summed E-state index contributed by atoms with van der Waals surface area (Å²) in [7, 11) is 0. The van der Waals surface area contributed by atoms with Crippen molar-refractivity contribution in [1.82, 2.24) is 0 Å². The molecule has 0 aliphatic heterocycles. The van der Waals surface area contributed by atoms with Gasteiger partial charge >= 0.3 is 59.4 Å². The first kappa shape index (κ1) is 22.7. The number of carboxylic acids is 3. The Kier molecular flexibility index (Phi) is 9.80. The van der Waals surface area contributed by atoms with Crippen molar-refractivity contribution in [2.24, 2.45) is 0 Å². The summed E-state index contributed by atoms with van der Waals surface area (Å²) in [6.07, 6.45) is -5.86. The fourth-order valence-corrected chi connectivity index (χ4v) is 1.15. The SMILES string of the molecule is O=C(O)CC(O)(CC(=O)OC(=O)CC(O)C(=O)O)C(=O)O.[H-].[Na+]. The Hall–Kier alpha value is -1.53. The molecule has 0 fully saturated rings. The number of ether oxygens (including phenoxy) is 1. The van der Waals surface area contributed by atoms with Gasteiger partial charge in [-0.15, -0.1) is 0 Å². The molecule has 12 heteroatoms. The number of rotatable bonds is 8. The quantitative estimate of drug-likeness (QED) is 0.162. The third-order valence-electron chi connectivity index (χ3n) is 2.15. The third kappa shape index (κ3) is 8.05. The van der Waals surface area contributed by atoms with Gasteiger partial charge in [0.15, 0.2) is 11.7 Å². The molecule has 0 rings (SSSR count). The molecule has 0 aromatic rings. The summed E-state index contributed by atoms with van der Waals surface area (Å²) < 4.78 is 3.98. The second-order valence-electron chi connectivity index (χ2n) is 3.99. The maximum absolute atomic E-state index is 11.2. The van der Waals surface area contributed by atoms with E-state index in [1.807, 2.05) is 0 Å². The molecule has 0 aromatic heterocycles. The second-order valence-corrected chi connectivity index (χ2v) is 3.99. The normalized spacial score (nSPS) is 13.9. The van der Waals surface area contributed by atoms with Crippen LogP contribution in [0.25, 0.3) is 0 Å². The van der Waals surface area contributed by atoms with Gasteiger partial charge in [-0.1, -0.05) is 0 Å². The molecule has 2 unspecified atom stereocenters. The van der Waals surface area contributed by atoms with Crippen LogP contribution < -0.4 is 29.6 Å². The van der Waals surface area contributed by atoms with Crippen LogP contribution in [-0.2, 0) is 28.7 Å². The standard InChI is InChI=1S/C10H12O11.Na.H/c11-4(8(16)17)1-6(14)21-7(15)3-10(20,9(18)19)2-5(12)13;;/h4,11,20H,1-3H2,(H,12,13)(H,16,17)(H,18,19);;/q;+1;-1.